The van der Waals surface area contributed by atoms with E-state index in [2.05, 4.69) is 20.6 Å². The molecule has 1 aromatic heterocycles. The summed E-state index contributed by atoms with van der Waals surface area (Å²) >= 11 is 5.81. The van der Waals surface area contributed by atoms with Gasteiger partial charge in [-0.2, -0.15) is 4.98 Å². The van der Waals surface area contributed by atoms with Gasteiger partial charge in [-0.25, -0.2) is 4.98 Å². The van der Waals surface area contributed by atoms with Crippen LogP contribution in [0.25, 0.3) is 0 Å². The Morgan fingerprint density at radius 3 is 3.00 bits per heavy atom. The first-order valence-electron chi connectivity index (χ1n) is 5.73. The van der Waals surface area contributed by atoms with Crippen LogP contribution in [0.4, 0.5) is 5.95 Å². The number of carbonyl (C=O) groups excluding carboxylic acids is 1. The van der Waals surface area contributed by atoms with Crippen molar-refractivity contribution in [2.75, 3.05) is 19.0 Å². The highest BCUT2D eigenvalue weighted by Crippen LogP contribution is 2.19. The van der Waals surface area contributed by atoms with Gasteiger partial charge in [-0.1, -0.05) is 11.6 Å². The lowest BCUT2D eigenvalue weighted by Gasteiger charge is -2.14. The van der Waals surface area contributed by atoms with Gasteiger partial charge in [-0.15, -0.1) is 0 Å². The van der Waals surface area contributed by atoms with Gasteiger partial charge < -0.3 is 10.1 Å². The third-order valence-corrected chi connectivity index (χ3v) is 3.17. The number of amides is 1. The number of rotatable bonds is 3. The van der Waals surface area contributed by atoms with E-state index in [1.165, 1.54) is 13.2 Å². The van der Waals surface area contributed by atoms with Crippen LogP contribution in [0.3, 0.4) is 0 Å². The third-order valence-electron chi connectivity index (χ3n) is 2.98. The zero-order chi connectivity index (χ0) is 13.1. The van der Waals surface area contributed by atoms with Crippen molar-refractivity contribution in [3.63, 3.8) is 0 Å². The van der Waals surface area contributed by atoms with E-state index in [4.69, 9.17) is 16.3 Å². The molecule has 2 atom stereocenters. The number of anilines is 1. The number of carbonyl (C=O) groups is 1. The Hall–Kier alpha value is -1.40. The Bertz CT molecular complexity index is 455. The Balaban J connectivity index is 2.09. The SMILES string of the molecule is COc1cc(Cl)nc(NC(=O)C2CCNC2C)n1. The molecule has 1 aliphatic rings. The van der Waals surface area contributed by atoms with E-state index < -0.39 is 0 Å². The standard InChI is InChI=1S/C11H15ClN4O2/c1-6-7(3-4-13-6)10(17)16-11-14-8(12)5-9(15-11)18-2/h5-7,13H,3-4H2,1-2H3,(H,14,15,16,17). The molecule has 0 bridgehead atoms. The summed E-state index contributed by atoms with van der Waals surface area (Å²) in [6.07, 6.45) is 0.810. The molecule has 0 spiro atoms. The van der Waals surface area contributed by atoms with Gasteiger partial charge in [0.2, 0.25) is 17.7 Å². The molecule has 2 unspecified atom stereocenters. The van der Waals surface area contributed by atoms with Crippen LogP contribution < -0.4 is 15.4 Å². The second-order valence-electron chi connectivity index (χ2n) is 4.18. The molecule has 2 heterocycles. The van der Waals surface area contributed by atoms with Crippen LogP contribution in [0.1, 0.15) is 13.3 Å². The fourth-order valence-corrected chi connectivity index (χ4v) is 2.15. The second kappa shape index (κ2) is 5.49. The summed E-state index contributed by atoms with van der Waals surface area (Å²) in [5.41, 5.74) is 0. The number of aromatic nitrogens is 2. The number of nitrogens with zero attached hydrogens (tertiary/aromatic N) is 2. The van der Waals surface area contributed by atoms with Gasteiger partial charge in [-0.3, -0.25) is 10.1 Å². The van der Waals surface area contributed by atoms with E-state index in [9.17, 15) is 4.79 Å². The first kappa shape index (κ1) is 13.0. The van der Waals surface area contributed by atoms with Gasteiger partial charge >= 0.3 is 0 Å². The van der Waals surface area contributed by atoms with E-state index in [1.807, 2.05) is 6.92 Å². The van der Waals surface area contributed by atoms with Crippen LogP contribution >= 0.6 is 11.6 Å². The Labute approximate surface area is 110 Å². The van der Waals surface area contributed by atoms with Crippen LogP contribution in [-0.4, -0.2) is 35.6 Å². The van der Waals surface area contributed by atoms with E-state index in [0.717, 1.165) is 13.0 Å². The van der Waals surface area contributed by atoms with Crippen molar-refractivity contribution in [3.8, 4) is 5.88 Å². The minimum atomic E-state index is -0.100. The molecule has 18 heavy (non-hydrogen) atoms. The third kappa shape index (κ3) is 2.88. The van der Waals surface area contributed by atoms with Crippen molar-refractivity contribution in [2.24, 2.45) is 5.92 Å². The first-order valence-corrected chi connectivity index (χ1v) is 6.11. The summed E-state index contributed by atoms with van der Waals surface area (Å²) in [5, 5.41) is 6.11. The number of hydrogen-bond donors (Lipinski definition) is 2. The van der Waals surface area contributed by atoms with Gasteiger partial charge in [0.1, 0.15) is 5.15 Å². The molecule has 1 fully saturated rings. The number of methoxy groups -OCH3 is 1. The van der Waals surface area contributed by atoms with Crippen LogP contribution in [0.15, 0.2) is 6.07 Å². The molecule has 1 aromatic rings. The molecular formula is C11H15ClN4O2. The highest BCUT2D eigenvalue weighted by molar-refractivity contribution is 6.29. The van der Waals surface area contributed by atoms with Crippen LogP contribution in [0.2, 0.25) is 5.15 Å². The molecule has 1 amide bonds. The highest BCUT2D eigenvalue weighted by Gasteiger charge is 2.29. The lowest BCUT2D eigenvalue weighted by molar-refractivity contribution is -0.120. The number of hydrogen-bond acceptors (Lipinski definition) is 5. The van der Waals surface area contributed by atoms with Crippen LogP contribution in [0, 0.1) is 5.92 Å². The summed E-state index contributed by atoms with van der Waals surface area (Å²) in [5.74, 6) is 0.321. The average Bonchev–Trinajstić information content (AvgIpc) is 2.74. The van der Waals surface area contributed by atoms with Crippen molar-refractivity contribution in [3.05, 3.63) is 11.2 Å². The summed E-state index contributed by atoms with van der Waals surface area (Å²) in [6.45, 7) is 2.83. The molecule has 2 rings (SSSR count). The average molecular weight is 271 g/mol. The lowest BCUT2D eigenvalue weighted by Crippen LogP contribution is -2.32. The zero-order valence-electron chi connectivity index (χ0n) is 10.2. The predicted molar refractivity (Wildman–Crippen MR) is 67.8 cm³/mol. The zero-order valence-corrected chi connectivity index (χ0v) is 11.0. The van der Waals surface area contributed by atoms with E-state index in [0.29, 0.717) is 5.88 Å². The van der Waals surface area contributed by atoms with E-state index in [1.54, 1.807) is 0 Å². The van der Waals surface area contributed by atoms with E-state index in [-0.39, 0.29) is 29.0 Å². The summed E-state index contributed by atoms with van der Waals surface area (Å²) < 4.78 is 4.96. The Morgan fingerprint density at radius 2 is 2.39 bits per heavy atom. The monoisotopic (exact) mass is 270 g/mol. The molecule has 1 saturated heterocycles. The van der Waals surface area contributed by atoms with Crippen molar-refractivity contribution in [1.82, 2.24) is 15.3 Å². The minimum absolute atomic E-state index is 0.0708. The quantitative estimate of drug-likeness (QED) is 0.804. The molecule has 1 aliphatic heterocycles. The van der Waals surface area contributed by atoms with Gasteiger partial charge in [0.05, 0.1) is 13.0 Å². The normalized spacial score (nSPS) is 22.8. The van der Waals surface area contributed by atoms with Gasteiger partial charge in [0.25, 0.3) is 0 Å². The largest absolute Gasteiger partial charge is 0.481 e. The molecule has 0 aromatic carbocycles. The fraction of sp³-hybridized carbons (Fsp3) is 0.545. The summed E-state index contributed by atoms with van der Waals surface area (Å²) in [7, 11) is 1.48. The molecule has 7 heteroatoms. The molecule has 6 nitrogen and oxygen atoms in total. The number of ether oxygens (including phenoxy) is 1. The predicted octanol–water partition coefficient (Wildman–Crippen LogP) is 1.08. The lowest BCUT2D eigenvalue weighted by atomic mass is 10.0. The smallest absolute Gasteiger partial charge is 0.234 e. The first-order chi connectivity index (χ1) is 8.60. The summed E-state index contributed by atoms with van der Waals surface area (Å²) in [4.78, 5) is 20.0. The van der Waals surface area contributed by atoms with Gasteiger partial charge in [0, 0.05) is 12.1 Å². The van der Waals surface area contributed by atoms with E-state index >= 15 is 0 Å². The summed E-state index contributed by atoms with van der Waals surface area (Å²) in [6, 6.07) is 1.64. The van der Waals surface area contributed by atoms with Crippen molar-refractivity contribution >= 4 is 23.5 Å². The van der Waals surface area contributed by atoms with Crippen LogP contribution in [-0.2, 0) is 4.79 Å². The maximum absolute atomic E-state index is 12.0. The van der Waals surface area contributed by atoms with Gasteiger partial charge in [-0.05, 0) is 19.9 Å². The molecule has 2 N–H and O–H groups in total. The molecular weight excluding hydrogens is 256 g/mol. The Kier molecular flexibility index (Phi) is 3.98. The number of halogens is 1. The molecule has 0 radical (unpaired) electrons. The number of nitrogens with one attached hydrogen (secondary N) is 2. The van der Waals surface area contributed by atoms with Crippen molar-refractivity contribution in [2.45, 2.75) is 19.4 Å². The molecule has 0 saturated carbocycles. The molecule has 98 valence electrons. The molecule has 0 aliphatic carbocycles. The Morgan fingerprint density at radius 1 is 1.61 bits per heavy atom. The van der Waals surface area contributed by atoms with Crippen LogP contribution in [0.5, 0.6) is 5.88 Å². The van der Waals surface area contributed by atoms with Crippen molar-refractivity contribution in [1.29, 1.82) is 0 Å². The van der Waals surface area contributed by atoms with Gasteiger partial charge in [0.15, 0.2) is 0 Å². The maximum Gasteiger partial charge on any atom is 0.234 e. The fourth-order valence-electron chi connectivity index (χ4n) is 1.98. The highest BCUT2D eigenvalue weighted by atomic mass is 35.5. The topological polar surface area (TPSA) is 76.1 Å². The minimum Gasteiger partial charge on any atom is -0.481 e. The van der Waals surface area contributed by atoms with Crippen molar-refractivity contribution < 1.29 is 9.53 Å². The maximum atomic E-state index is 12.0. The second-order valence-corrected chi connectivity index (χ2v) is 4.57.